The third-order valence-corrected chi connectivity index (χ3v) is 6.30. The largest absolute Gasteiger partial charge is 0.455 e. The van der Waals surface area contributed by atoms with Gasteiger partial charge in [-0.15, -0.1) is 0 Å². The minimum atomic E-state index is -2.05. The van der Waals surface area contributed by atoms with Crippen molar-refractivity contribution in [2.45, 2.75) is 31.6 Å². The van der Waals surface area contributed by atoms with Gasteiger partial charge in [0.25, 0.3) is 0 Å². The highest BCUT2D eigenvalue weighted by Gasteiger charge is 2.31. The molecule has 1 aromatic heterocycles. The van der Waals surface area contributed by atoms with Gasteiger partial charge in [0.05, 0.1) is 5.56 Å². The standard InChI is InChI=1S/C23H26FN3O5S/c24-16-7-5-15(6-8-16)22-21(23(25)26-29)18-11-17(14-3-4-14)19(12-20(18)32-22)27(13-33(30)31)9-1-2-10-28/h5-8,11-12,14,28-29H,1-4,9-10,13H2,(H2,25,26)(H,30,31). The van der Waals surface area contributed by atoms with Crippen LogP contribution in [0.2, 0.25) is 0 Å². The summed E-state index contributed by atoms with van der Waals surface area (Å²) in [7, 11) is 0. The molecule has 3 aromatic rings. The van der Waals surface area contributed by atoms with Crippen molar-refractivity contribution in [1.82, 2.24) is 0 Å². The summed E-state index contributed by atoms with van der Waals surface area (Å²) in [5.74, 6) is 0.0424. The number of nitrogens with zero attached hydrogens (tertiary/aromatic N) is 2. The summed E-state index contributed by atoms with van der Waals surface area (Å²) in [6.45, 7) is 0.545. The molecule has 5 N–H and O–H groups in total. The third-order valence-electron chi connectivity index (χ3n) is 5.77. The van der Waals surface area contributed by atoms with Gasteiger partial charge in [-0.05, 0) is 67.5 Å². The van der Waals surface area contributed by atoms with Gasteiger partial charge in [-0.2, -0.15) is 0 Å². The third kappa shape index (κ3) is 5.02. The number of halogens is 1. The van der Waals surface area contributed by atoms with Crippen molar-refractivity contribution in [3.05, 3.63) is 53.3 Å². The number of fused-ring (bicyclic) bond motifs is 1. The highest BCUT2D eigenvalue weighted by Crippen LogP contribution is 2.47. The highest BCUT2D eigenvalue weighted by atomic mass is 32.2. The Morgan fingerprint density at radius 1 is 1.24 bits per heavy atom. The van der Waals surface area contributed by atoms with Crippen LogP contribution in [0.1, 0.15) is 42.7 Å². The molecule has 1 saturated carbocycles. The first-order valence-corrected chi connectivity index (χ1v) is 12.0. The fourth-order valence-corrected chi connectivity index (χ4v) is 4.59. The number of hydrogen-bond donors (Lipinski definition) is 4. The first-order chi connectivity index (χ1) is 15.9. The van der Waals surface area contributed by atoms with Crippen molar-refractivity contribution in [3.8, 4) is 11.3 Å². The van der Waals surface area contributed by atoms with E-state index < -0.39 is 16.9 Å². The van der Waals surface area contributed by atoms with Crippen LogP contribution in [0, 0.1) is 5.82 Å². The molecule has 10 heteroatoms. The van der Waals surface area contributed by atoms with E-state index in [4.69, 9.17) is 15.3 Å². The number of aliphatic hydroxyl groups is 1. The van der Waals surface area contributed by atoms with E-state index in [1.807, 2.05) is 17.0 Å². The van der Waals surface area contributed by atoms with E-state index in [0.29, 0.717) is 53.2 Å². The second-order valence-electron chi connectivity index (χ2n) is 8.12. The Balaban J connectivity index is 1.89. The van der Waals surface area contributed by atoms with E-state index in [-0.39, 0.29) is 18.3 Å². The van der Waals surface area contributed by atoms with Crippen LogP contribution in [0.4, 0.5) is 10.1 Å². The summed E-state index contributed by atoms with van der Waals surface area (Å²) < 4.78 is 40.9. The zero-order valence-electron chi connectivity index (χ0n) is 17.9. The molecule has 1 atom stereocenters. The Hall–Kier alpha value is -2.95. The van der Waals surface area contributed by atoms with Gasteiger partial charge in [-0.1, -0.05) is 5.16 Å². The molecule has 0 aliphatic heterocycles. The lowest BCUT2D eigenvalue weighted by atomic mass is 10.00. The average molecular weight is 476 g/mol. The minimum absolute atomic E-state index is 0.0485. The van der Waals surface area contributed by atoms with Gasteiger partial charge in [0.1, 0.15) is 23.0 Å². The van der Waals surface area contributed by atoms with Crippen LogP contribution in [0.3, 0.4) is 0 Å². The molecule has 1 aliphatic carbocycles. The minimum Gasteiger partial charge on any atom is -0.455 e. The molecular formula is C23H26FN3O5S. The lowest BCUT2D eigenvalue weighted by Gasteiger charge is -2.26. The number of oxime groups is 1. The number of nitrogens with two attached hydrogens (primary N) is 1. The van der Waals surface area contributed by atoms with Crippen LogP contribution in [0.15, 0.2) is 46.0 Å². The number of amidine groups is 1. The maximum absolute atomic E-state index is 13.5. The Morgan fingerprint density at radius 3 is 2.58 bits per heavy atom. The zero-order chi connectivity index (χ0) is 23.5. The van der Waals surface area contributed by atoms with Crippen molar-refractivity contribution in [3.63, 3.8) is 0 Å². The van der Waals surface area contributed by atoms with Crippen molar-refractivity contribution >= 4 is 33.6 Å². The van der Waals surface area contributed by atoms with Crippen molar-refractivity contribution in [2.75, 3.05) is 23.9 Å². The monoisotopic (exact) mass is 475 g/mol. The highest BCUT2D eigenvalue weighted by molar-refractivity contribution is 7.79. The zero-order valence-corrected chi connectivity index (χ0v) is 18.7. The van der Waals surface area contributed by atoms with Gasteiger partial charge in [0.15, 0.2) is 16.9 Å². The fourth-order valence-electron chi connectivity index (χ4n) is 4.06. The molecule has 1 unspecified atom stereocenters. The molecule has 176 valence electrons. The van der Waals surface area contributed by atoms with Gasteiger partial charge in [0.2, 0.25) is 0 Å². The van der Waals surface area contributed by atoms with Crippen LogP contribution < -0.4 is 10.6 Å². The Labute approximate surface area is 192 Å². The molecule has 0 radical (unpaired) electrons. The van der Waals surface area contributed by atoms with Crippen molar-refractivity contribution in [2.24, 2.45) is 10.9 Å². The van der Waals surface area contributed by atoms with Crippen molar-refractivity contribution in [1.29, 1.82) is 0 Å². The number of rotatable bonds is 10. The smallest absolute Gasteiger partial charge is 0.174 e. The molecule has 0 spiro atoms. The first kappa shape index (κ1) is 23.2. The van der Waals surface area contributed by atoms with E-state index in [2.05, 4.69) is 5.16 Å². The number of aliphatic hydroxyl groups excluding tert-OH is 1. The van der Waals surface area contributed by atoms with Crippen LogP contribution >= 0.6 is 0 Å². The van der Waals surface area contributed by atoms with E-state index in [9.17, 15) is 18.4 Å². The maximum Gasteiger partial charge on any atom is 0.174 e. The lowest BCUT2D eigenvalue weighted by Crippen LogP contribution is -2.29. The number of hydrogen-bond acceptors (Lipinski definition) is 6. The van der Waals surface area contributed by atoms with E-state index in [1.165, 1.54) is 12.1 Å². The quantitative estimate of drug-likeness (QED) is 0.0871. The molecule has 1 fully saturated rings. The molecule has 2 aromatic carbocycles. The summed E-state index contributed by atoms with van der Waals surface area (Å²) in [6, 6.07) is 9.47. The van der Waals surface area contributed by atoms with Gasteiger partial charge < -0.3 is 29.9 Å². The maximum atomic E-state index is 13.5. The van der Waals surface area contributed by atoms with Crippen LogP contribution in [-0.4, -0.2) is 43.9 Å². The predicted octanol–water partition coefficient (Wildman–Crippen LogP) is 3.97. The molecule has 4 rings (SSSR count). The van der Waals surface area contributed by atoms with Crippen LogP contribution in [0.25, 0.3) is 22.3 Å². The van der Waals surface area contributed by atoms with E-state index >= 15 is 0 Å². The summed E-state index contributed by atoms with van der Waals surface area (Å²) in [5, 5.41) is 22.4. The Kier molecular flexibility index (Phi) is 6.96. The number of anilines is 1. The summed E-state index contributed by atoms with van der Waals surface area (Å²) in [5.41, 5.74) is 9.24. The predicted molar refractivity (Wildman–Crippen MR) is 125 cm³/mol. The first-order valence-electron chi connectivity index (χ1n) is 10.7. The summed E-state index contributed by atoms with van der Waals surface area (Å²) in [4.78, 5) is 1.84. The molecular weight excluding hydrogens is 449 g/mol. The average Bonchev–Trinajstić information content (AvgIpc) is 3.58. The molecule has 0 bridgehead atoms. The number of furan rings is 1. The van der Waals surface area contributed by atoms with E-state index in [0.717, 1.165) is 24.1 Å². The Bertz CT molecular complexity index is 1190. The number of benzene rings is 2. The second-order valence-corrected chi connectivity index (χ2v) is 9.03. The lowest BCUT2D eigenvalue weighted by molar-refractivity contribution is 0.285. The molecule has 8 nitrogen and oxygen atoms in total. The topological polar surface area (TPSA) is 133 Å². The summed E-state index contributed by atoms with van der Waals surface area (Å²) >= 11 is -2.05. The SMILES string of the molecule is NC(=NO)c1c(-c2ccc(F)cc2)oc2cc(N(CCCCO)CS(=O)O)c(C3CC3)cc12. The van der Waals surface area contributed by atoms with Crippen molar-refractivity contribution < 1.29 is 27.9 Å². The van der Waals surface area contributed by atoms with E-state index in [1.54, 1.807) is 12.1 Å². The molecule has 0 saturated heterocycles. The number of unbranched alkanes of at least 4 members (excludes halogenated alkanes) is 1. The molecule has 1 aliphatic rings. The molecule has 0 amide bonds. The van der Waals surface area contributed by atoms with Crippen LogP contribution in [0.5, 0.6) is 0 Å². The van der Waals surface area contributed by atoms with Gasteiger partial charge >= 0.3 is 0 Å². The summed E-state index contributed by atoms with van der Waals surface area (Å²) in [6.07, 6.45) is 3.22. The molecule has 1 heterocycles. The van der Waals surface area contributed by atoms with Gasteiger partial charge in [-0.25, -0.2) is 8.60 Å². The molecule has 33 heavy (non-hydrogen) atoms. The fraction of sp³-hybridized carbons (Fsp3) is 0.348. The second kappa shape index (κ2) is 9.90. The van der Waals surface area contributed by atoms with Crippen LogP contribution in [-0.2, 0) is 11.1 Å². The Morgan fingerprint density at radius 2 is 1.97 bits per heavy atom. The normalized spacial score (nSPS) is 15.2. The van der Waals surface area contributed by atoms with Gasteiger partial charge in [-0.3, -0.25) is 0 Å². The van der Waals surface area contributed by atoms with Gasteiger partial charge in [0, 0.05) is 35.9 Å².